The third-order valence-electron chi connectivity index (χ3n) is 4.33. The molecule has 0 saturated carbocycles. The lowest BCUT2D eigenvalue weighted by Gasteiger charge is -2.16. The number of carbonyl (C=O) groups excluding carboxylic acids is 2. The van der Waals surface area contributed by atoms with Crippen molar-refractivity contribution in [2.24, 2.45) is 4.99 Å². The summed E-state index contributed by atoms with van der Waals surface area (Å²) in [6.07, 6.45) is 1.97. The molecule has 1 heterocycles. The Balaban J connectivity index is 1.60. The number of para-hydroxylation sites is 1. The van der Waals surface area contributed by atoms with Gasteiger partial charge >= 0.3 is 0 Å². The maximum Gasteiger partial charge on any atom is 0.285 e. The summed E-state index contributed by atoms with van der Waals surface area (Å²) in [5.41, 5.74) is 5.20. The molecule has 2 amide bonds. The molecule has 30 heavy (non-hydrogen) atoms. The lowest BCUT2D eigenvalue weighted by molar-refractivity contribution is -0.132. The van der Waals surface area contributed by atoms with Crippen LogP contribution in [0.1, 0.15) is 11.1 Å². The quantitative estimate of drug-likeness (QED) is 0.624. The van der Waals surface area contributed by atoms with Gasteiger partial charge in [0.25, 0.3) is 5.91 Å². The summed E-state index contributed by atoms with van der Waals surface area (Å²) in [6.45, 7) is 0. The average molecular weight is 414 g/mol. The fourth-order valence-electron chi connectivity index (χ4n) is 2.91. The molecule has 1 N–H and O–H groups in total. The third kappa shape index (κ3) is 4.85. The summed E-state index contributed by atoms with van der Waals surface area (Å²) in [6, 6.07) is 28.3. The monoisotopic (exact) mass is 413 g/mol. The highest BCUT2D eigenvalue weighted by Crippen LogP contribution is 2.33. The molecule has 3 aromatic carbocycles. The Bertz CT molecular complexity index is 1100. The Morgan fingerprint density at radius 2 is 1.50 bits per heavy atom. The van der Waals surface area contributed by atoms with Gasteiger partial charge < -0.3 is 0 Å². The van der Waals surface area contributed by atoms with Gasteiger partial charge in [-0.2, -0.15) is 5.01 Å². The van der Waals surface area contributed by atoms with Crippen LogP contribution in [-0.2, 0) is 16.0 Å². The van der Waals surface area contributed by atoms with E-state index < -0.39 is 0 Å². The van der Waals surface area contributed by atoms with Gasteiger partial charge in [-0.25, -0.2) is 4.99 Å². The van der Waals surface area contributed by atoms with Crippen molar-refractivity contribution >= 4 is 40.5 Å². The first-order valence-electron chi connectivity index (χ1n) is 9.45. The topological polar surface area (TPSA) is 61.8 Å². The van der Waals surface area contributed by atoms with Crippen molar-refractivity contribution in [3.05, 3.63) is 107 Å². The van der Waals surface area contributed by atoms with Crippen LogP contribution < -0.4 is 5.43 Å². The molecule has 3 aromatic rings. The van der Waals surface area contributed by atoms with Gasteiger partial charge in [0.1, 0.15) is 0 Å². The van der Waals surface area contributed by atoms with Crippen molar-refractivity contribution in [3.63, 3.8) is 0 Å². The van der Waals surface area contributed by atoms with Gasteiger partial charge in [0.15, 0.2) is 5.17 Å². The summed E-state index contributed by atoms with van der Waals surface area (Å²) < 4.78 is 0. The summed E-state index contributed by atoms with van der Waals surface area (Å²) in [5, 5.41) is 1.65. The first-order valence-corrected chi connectivity index (χ1v) is 10.3. The highest BCUT2D eigenvalue weighted by atomic mass is 32.2. The highest BCUT2D eigenvalue weighted by molar-refractivity contribution is 8.18. The van der Waals surface area contributed by atoms with Crippen molar-refractivity contribution < 1.29 is 9.59 Å². The van der Waals surface area contributed by atoms with Crippen molar-refractivity contribution in [1.29, 1.82) is 0 Å². The Morgan fingerprint density at radius 3 is 2.17 bits per heavy atom. The highest BCUT2D eigenvalue weighted by Gasteiger charge is 2.35. The normalized spacial score (nSPS) is 16.3. The van der Waals surface area contributed by atoms with E-state index >= 15 is 0 Å². The van der Waals surface area contributed by atoms with Gasteiger partial charge in [-0.1, -0.05) is 78.9 Å². The van der Waals surface area contributed by atoms with Crippen LogP contribution in [0.2, 0.25) is 0 Å². The maximum absolute atomic E-state index is 13.0. The number of nitrogens with zero attached hydrogens (tertiary/aromatic N) is 2. The Kier molecular flexibility index (Phi) is 6.06. The van der Waals surface area contributed by atoms with E-state index in [1.165, 1.54) is 16.8 Å². The Labute approximate surface area is 179 Å². The number of amides is 2. The molecule has 1 aliphatic heterocycles. The van der Waals surface area contributed by atoms with Crippen molar-refractivity contribution in [3.8, 4) is 0 Å². The standard InChI is InChI=1S/C24H19N3O2S/c28-22(17-19-12-6-2-7-13-19)26-27-23(29)21(16-18-10-4-1-5-11-18)30-24(27)25-20-14-8-3-9-15-20/h1-16H,17H2,(H,26,28)/b21-16+,25-24?. The van der Waals surface area contributed by atoms with E-state index in [1.807, 2.05) is 91.0 Å². The second-order valence-electron chi connectivity index (χ2n) is 6.59. The Morgan fingerprint density at radius 1 is 0.900 bits per heavy atom. The number of rotatable bonds is 5. The van der Waals surface area contributed by atoms with E-state index in [0.29, 0.717) is 15.8 Å². The molecule has 0 aromatic heterocycles. The summed E-state index contributed by atoms with van der Waals surface area (Å²) >= 11 is 1.24. The van der Waals surface area contributed by atoms with Crippen LogP contribution in [0.4, 0.5) is 5.69 Å². The van der Waals surface area contributed by atoms with Crippen LogP contribution in [0.15, 0.2) is 101 Å². The van der Waals surface area contributed by atoms with E-state index in [4.69, 9.17) is 0 Å². The second-order valence-corrected chi connectivity index (χ2v) is 7.60. The minimum Gasteiger partial charge on any atom is -0.273 e. The summed E-state index contributed by atoms with van der Waals surface area (Å²) in [5.74, 6) is -0.586. The molecule has 1 saturated heterocycles. The number of carbonyl (C=O) groups is 2. The molecule has 1 fully saturated rings. The lowest BCUT2D eigenvalue weighted by atomic mass is 10.1. The van der Waals surface area contributed by atoms with E-state index in [2.05, 4.69) is 10.4 Å². The molecule has 0 atom stereocenters. The molecule has 4 rings (SSSR count). The van der Waals surface area contributed by atoms with E-state index in [-0.39, 0.29) is 18.2 Å². The fourth-order valence-corrected chi connectivity index (χ4v) is 3.85. The van der Waals surface area contributed by atoms with Gasteiger partial charge in [-0.3, -0.25) is 15.0 Å². The predicted molar refractivity (Wildman–Crippen MR) is 121 cm³/mol. The zero-order valence-electron chi connectivity index (χ0n) is 16.1. The van der Waals surface area contributed by atoms with Crippen LogP contribution in [0, 0.1) is 0 Å². The number of aliphatic imine (C=N–C) groups is 1. The largest absolute Gasteiger partial charge is 0.285 e. The predicted octanol–water partition coefficient (Wildman–Crippen LogP) is 4.56. The Hall–Kier alpha value is -3.64. The fraction of sp³-hybridized carbons (Fsp3) is 0.0417. The minimum atomic E-state index is -0.306. The van der Waals surface area contributed by atoms with Gasteiger partial charge in [-0.05, 0) is 41.1 Å². The first-order chi connectivity index (χ1) is 14.7. The molecule has 148 valence electrons. The van der Waals surface area contributed by atoms with Crippen molar-refractivity contribution in [2.45, 2.75) is 6.42 Å². The number of nitrogens with one attached hydrogen (secondary N) is 1. The molecule has 0 unspecified atom stereocenters. The van der Waals surface area contributed by atoms with Crippen molar-refractivity contribution in [1.82, 2.24) is 10.4 Å². The number of hydrogen-bond acceptors (Lipinski definition) is 4. The van der Waals surface area contributed by atoms with Crippen LogP contribution >= 0.6 is 11.8 Å². The third-order valence-corrected chi connectivity index (χ3v) is 5.30. The summed E-state index contributed by atoms with van der Waals surface area (Å²) in [4.78, 5) is 30.7. The van der Waals surface area contributed by atoms with E-state index in [0.717, 1.165) is 11.1 Å². The number of benzene rings is 3. The number of thioether (sulfide) groups is 1. The van der Waals surface area contributed by atoms with Gasteiger partial charge in [0, 0.05) is 0 Å². The van der Waals surface area contributed by atoms with Crippen LogP contribution in [0.3, 0.4) is 0 Å². The second kappa shape index (κ2) is 9.24. The smallest absolute Gasteiger partial charge is 0.273 e. The minimum absolute atomic E-state index is 0.172. The lowest BCUT2D eigenvalue weighted by Crippen LogP contribution is -2.46. The van der Waals surface area contributed by atoms with Gasteiger partial charge in [-0.15, -0.1) is 0 Å². The number of amidine groups is 1. The average Bonchev–Trinajstić information content (AvgIpc) is 3.04. The van der Waals surface area contributed by atoms with Crippen molar-refractivity contribution in [2.75, 3.05) is 0 Å². The van der Waals surface area contributed by atoms with Gasteiger partial charge in [0.05, 0.1) is 17.0 Å². The molecule has 1 aliphatic rings. The molecular weight excluding hydrogens is 394 g/mol. The molecule has 0 radical (unpaired) electrons. The zero-order valence-corrected chi connectivity index (χ0v) is 16.9. The molecule has 0 aliphatic carbocycles. The first kappa shape index (κ1) is 19.7. The molecule has 0 spiro atoms. The molecular formula is C24H19N3O2S. The molecule has 5 nitrogen and oxygen atoms in total. The SMILES string of the molecule is O=C(Cc1ccccc1)NN1C(=O)/C(=C\c2ccccc2)SC1=Nc1ccccc1. The molecule has 6 heteroatoms. The van der Waals surface area contributed by atoms with Crippen LogP contribution in [0.25, 0.3) is 6.08 Å². The van der Waals surface area contributed by atoms with E-state index in [9.17, 15) is 9.59 Å². The molecule has 0 bridgehead atoms. The van der Waals surface area contributed by atoms with Gasteiger partial charge in [0.2, 0.25) is 5.91 Å². The number of hydrogen-bond donors (Lipinski definition) is 1. The van der Waals surface area contributed by atoms with Crippen LogP contribution in [-0.4, -0.2) is 22.0 Å². The zero-order chi connectivity index (χ0) is 20.8. The summed E-state index contributed by atoms with van der Waals surface area (Å²) in [7, 11) is 0. The van der Waals surface area contributed by atoms with E-state index in [1.54, 1.807) is 6.08 Å². The maximum atomic E-state index is 13.0. The number of hydrazine groups is 1. The van der Waals surface area contributed by atoms with Crippen LogP contribution in [0.5, 0.6) is 0 Å².